The predicted octanol–water partition coefficient (Wildman–Crippen LogP) is -4.27. The van der Waals surface area contributed by atoms with Crippen molar-refractivity contribution in [2.45, 2.75) is 75.1 Å². The van der Waals surface area contributed by atoms with Crippen LogP contribution in [0.25, 0.3) is 0 Å². The minimum absolute atomic E-state index is 0.00194. The number of hydrogen-bond donors (Lipinski definition) is 9. The number of guanidine groups is 2. The van der Waals surface area contributed by atoms with Gasteiger partial charge in [0.1, 0.15) is 37.1 Å². The Kier molecular flexibility index (Phi) is 9.62. The zero-order chi connectivity index (χ0) is 37.6. The molecular weight excluding hydrogens is 678 g/mol. The normalized spacial score (nSPS) is 25.6. The van der Waals surface area contributed by atoms with Crippen molar-refractivity contribution >= 4 is 29.7 Å². The summed E-state index contributed by atoms with van der Waals surface area (Å²) in [6.07, 6.45) is 0.783. The van der Waals surface area contributed by atoms with E-state index in [9.17, 15) is 24.6 Å². The van der Waals surface area contributed by atoms with Crippen molar-refractivity contribution in [3.05, 3.63) is 47.2 Å². The summed E-state index contributed by atoms with van der Waals surface area (Å²) in [5.41, 5.74) is 17.4. The van der Waals surface area contributed by atoms with Crippen LogP contribution in [0.15, 0.2) is 35.3 Å². The molecule has 1 aromatic carbocycles. The molecule has 4 aliphatic rings. The van der Waals surface area contributed by atoms with Gasteiger partial charge in [-0.25, -0.2) is 10.3 Å². The van der Waals surface area contributed by atoms with Gasteiger partial charge < -0.3 is 46.5 Å². The summed E-state index contributed by atoms with van der Waals surface area (Å²) in [5.74, 6) is -3.91. The fourth-order valence-electron chi connectivity index (χ4n) is 6.98. The van der Waals surface area contributed by atoms with Crippen molar-refractivity contribution in [2.24, 2.45) is 28.1 Å². The fourth-order valence-corrected chi connectivity index (χ4v) is 6.98. The van der Waals surface area contributed by atoms with E-state index >= 15 is 0 Å². The molecule has 6 rings (SSSR count). The first-order chi connectivity index (χ1) is 24.6. The third kappa shape index (κ3) is 6.39. The van der Waals surface area contributed by atoms with Crippen LogP contribution in [0.1, 0.15) is 60.5 Å². The standard InChI is InChI=1S/C33H45N11O8/c1-16(2)23(34)28(47)52-13-12-50-22-9-8-19(42-43-22)27(46)37-14-20-25-32(41-29(35)40-25)33(48,49)21(15-44(32)30(36)38-20)39-26(45)17-6-5-7-18-24(17)51-11-10-31(18,3)4/h5-9,16,20-21,23,25,48-49H,10-15,34H2,1-4H3,(H2,36,38)(H,37,46)(H,39,45)(H3,35,40,41)/p+1/t20-,21?,23-,25-,32-/m0/s1. The SMILES string of the molecule is CC(C)[C@H](N)C(=O)OCCOc1ccc(C(=O)NC[C@@H]2N=C(N)N3CC(NC(=O)c4cccc5c4OCCC5(C)C)C(O)(O)[C@@]34NC(N)=[NH+][C@@H]24)nn1. The van der Waals surface area contributed by atoms with Gasteiger partial charge in [-0.15, -0.1) is 10.2 Å². The maximum absolute atomic E-state index is 13.7. The first kappa shape index (κ1) is 36.5. The summed E-state index contributed by atoms with van der Waals surface area (Å²) in [6, 6.07) is 4.35. The lowest BCUT2D eigenvalue weighted by atomic mass is 9.79. The van der Waals surface area contributed by atoms with E-state index in [1.807, 2.05) is 19.9 Å². The number of para-hydroxylation sites is 1. The van der Waals surface area contributed by atoms with Crippen molar-refractivity contribution in [1.29, 1.82) is 0 Å². The second-order valence-corrected chi connectivity index (χ2v) is 14.3. The molecule has 5 heterocycles. The maximum Gasteiger partial charge on any atom is 0.343 e. The Morgan fingerprint density at radius 1 is 1.13 bits per heavy atom. The fraction of sp³-hybridized carbons (Fsp3) is 0.545. The van der Waals surface area contributed by atoms with Crippen molar-refractivity contribution in [3.8, 4) is 11.6 Å². The van der Waals surface area contributed by atoms with Crippen LogP contribution in [0.5, 0.6) is 11.6 Å². The molecule has 0 radical (unpaired) electrons. The largest absolute Gasteiger partial charge is 0.492 e. The van der Waals surface area contributed by atoms with Gasteiger partial charge in [-0.05, 0) is 29.9 Å². The number of fused-ring (bicyclic) bond motifs is 1. The molecule has 280 valence electrons. The van der Waals surface area contributed by atoms with Gasteiger partial charge in [-0.3, -0.25) is 30.0 Å². The smallest absolute Gasteiger partial charge is 0.343 e. The first-order valence-electron chi connectivity index (χ1n) is 17.0. The zero-order valence-electron chi connectivity index (χ0n) is 29.4. The van der Waals surface area contributed by atoms with E-state index in [4.69, 9.17) is 31.4 Å². The van der Waals surface area contributed by atoms with E-state index < -0.39 is 53.4 Å². The van der Waals surface area contributed by atoms with Gasteiger partial charge >= 0.3 is 11.9 Å². The van der Waals surface area contributed by atoms with E-state index in [2.05, 4.69) is 50.0 Å². The van der Waals surface area contributed by atoms with Crippen LogP contribution < -0.4 is 47.6 Å². The van der Waals surface area contributed by atoms with Crippen molar-refractivity contribution in [2.75, 3.05) is 32.9 Å². The molecule has 0 saturated carbocycles. The minimum atomic E-state index is -2.65. The number of benzene rings is 1. The Balaban J connectivity index is 1.11. The lowest BCUT2D eigenvalue weighted by Crippen LogP contribution is -2.90. The molecular formula is C33H46N11O8+. The molecule has 0 bridgehead atoms. The van der Waals surface area contributed by atoms with Gasteiger partial charge in [-0.1, -0.05) is 39.8 Å². The molecule has 52 heavy (non-hydrogen) atoms. The molecule has 19 nitrogen and oxygen atoms in total. The van der Waals surface area contributed by atoms with E-state index in [1.165, 1.54) is 17.0 Å². The third-order valence-corrected chi connectivity index (χ3v) is 10.1. The van der Waals surface area contributed by atoms with Crippen LogP contribution in [0.4, 0.5) is 0 Å². The molecule has 1 fully saturated rings. The summed E-state index contributed by atoms with van der Waals surface area (Å²) < 4.78 is 16.4. The van der Waals surface area contributed by atoms with Gasteiger partial charge in [0.25, 0.3) is 17.5 Å². The Morgan fingerprint density at radius 2 is 1.90 bits per heavy atom. The molecule has 2 amide bonds. The average molecular weight is 725 g/mol. The second-order valence-electron chi connectivity index (χ2n) is 14.3. The number of esters is 1. The molecule has 0 aliphatic carbocycles. The summed E-state index contributed by atoms with van der Waals surface area (Å²) in [7, 11) is 0. The minimum Gasteiger partial charge on any atom is -0.492 e. The number of ether oxygens (including phenoxy) is 3. The molecule has 4 aliphatic heterocycles. The lowest BCUT2D eigenvalue weighted by molar-refractivity contribution is -0.521. The van der Waals surface area contributed by atoms with Crippen LogP contribution >= 0.6 is 0 Å². The number of aromatic nitrogens is 2. The number of hydrogen-bond acceptors (Lipinski definition) is 16. The van der Waals surface area contributed by atoms with Crippen LogP contribution in [-0.2, 0) is 14.9 Å². The third-order valence-electron chi connectivity index (χ3n) is 10.1. The number of nitrogens with two attached hydrogens (primary N) is 3. The second kappa shape index (κ2) is 13.7. The van der Waals surface area contributed by atoms with Gasteiger partial charge in [0.15, 0.2) is 17.7 Å². The Hall–Kier alpha value is -5.27. The summed E-state index contributed by atoms with van der Waals surface area (Å²) in [4.78, 5) is 47.6. The van der Waals surface area contributed by atoms with E-state index in [0.29, 0.717) is 12.4 Å². The highest BCUT2D eigenvalue weighted by atomic mass is 16.6. The number of carbonyl (C=O) groups is 3. The van der Waals surface area contributed by atoms with Crippen molar-refractivity contribution in [3.63, 3.8) is 0 Å². The lowest BCUT2D eigenvalue weighted by Gasteiger charge is -2.46. The predicted molar refractivity (Wildman–Crippen MR) is 184 cm³/mol. The van der Waals surface area contributed by atoms with E-state index in [0.717, 1.165) is 12.0 Å². The zero-order valence-corrected chi connectivity index (χ0v) is 29.4. The highest BCUT2D eigenvalue weighted by Gasteiger charge is 2.76. The quantitative estimate of drug-likeness (QED) is 0.0602. The Morgan fingerprint density at radius 3 is 2.62 bits per heavy atom. The van der Waals surface area contributed by atoms with Crippen molar-refractivity contribution in [1.82, 2.24) is 31.0 Å². The van der Waals surface area contributed by atoms with Gasteiger partial charge in [0.05, 0.1) is 18.7 Å². The molecule has 5 atom stereocenters. The number of aliphatic imine (C=N–C) groups is 1. The molecule has 12 N–H and O–H groups in total. The number of amides is 2. The monoisotopic (exact) mass is 724 g/mol. The number of carbonyl (C=O) groups excluding carboxylic acids is 3. The molecule has 1 unspecified atom stereocenters. The molecule has 2 aromatic rings. The van der Waals surface area contributed by atoms with Crippen molar-refractivity contribution < 1.29 is 43.8 Å². The molecule has 1 spiro atoms. The highest BCUT2D eigenvalue weighted by molar-refractivity contribution is 5.98. The number of nitrogens with one attached hydrogen (secondary N) is 4. The number of aliphatic hydroxyl groups is 2. The van der Waals surface area contributed by atoms with E-state index in [-0.39, 0.29) is 66.7 Å². The summed E-state index contributed by atoms with van der Waals surface area (Å²) in [5, 5.41) is 39.9. The first-order valence-corrected chi connectivity index (χ1v) is 17.0. The van der Waals surface area contributed by atoms with Crippen LogP contribution in [-0.4, -0.2) is 124 Å². The van der Waals surface area contributed by atoms with Gasteiger partial charge in [-0.2, -0.15) is 0 Å². The Labute approximate surface area is 299 Å². The summed E-state index contributed by atoms with van der Waals surface area (Å²) in [6.45, 7) is 7.91. The average Bonchev–Trinajstić information content (AvgIpc) is 3.57. The Bertz CT molecular complexity index is 1780. The number of rotatable bonds is 11. The van der Waals surface area contributed by atoms with Crippen LogP contribution in [0.3, 0.4) is 0 Å². The number of nitrogens with zero attached hydrogens (tertiary/aromatic N) is 4. The topological polar surface area (TPSA) is 289 Å². The maximum atomic E-state index is 13.7. The molecule has 1 aromatic heterocycles. The molecule has 1 saturated heterocycles. The van der Waals surface area contributed by atoms with Crippen LogP contribution in [0, 0.1) is 5.92 Å². The van der Waals surface area contributed by atoms with Gasteiger partial charge in [0, 0.05) is 18.2 Å². The molecule has 19 heteroatoms. The van der Waals surface area contributed by atoms with E-state index in [1.54, 1.807) is 12.1 Å². The highest BCUT2D eigenvalue weighted by Crippen LogP contribution is 2.43. The summed E-state index contributed by atoms with van der Waals surface area (Å²) >= 11 is 0. The van der Waals surface area contributed by atoms with Crippen LogP contribution in [0.2, 0.25) is 0 Å². The van der Waals surface area contributed by atoms with Gasteiger partial charge in [0.2, 0.25) is 11.7 Å².